The van der Waals surface area contributed by atoms with Gasteiger partial charge >= 0.3 is 0 Å². The molecule has 0 spiro atoms. The average molecular weight is 765 g/mol. The highest BCUT2D eigenvalue weighted by Gasteiger charge is 2.22. The van der Waals surface area contributed by atoms with Crippen LogP contribution < -0.4 is 0 Å². The minimum absolute atomic E-state index is 0.00542. The molecule has 0 fully saturated rings. The summed E-state index contributed by atoms with van der Waals surface area (Å²) < 4.78 is 6.15. The monoisotopic (exact) mass is 764 g/mol. The quantitative estimate of drug-likeness (QED) is 0.140. The second-order valence-corrected chi connectivity index (χ2v) is 15.6. The van der Waals surface area contributed by atoms with E-state index in [0.717, 1.165) is 21.9 Å². The molecule has 0 amide bonds. The fraction of sp³-hybridized carbons (Fsp3) is 0.0169. The van der Waals surface area contributed by atoms with Gasteiger partial charge in [-0.25, -0.2) is 0 Å². The van der Waals surface area contributed by atoms with Crippen LogP contribution in [0, 0.1) is 0 Å². The SMILES string of the molecule is c1ccc(-c2ccc(-c3ccc(C(c4cccc(-c5cccc(-c6ccc7oc8ccccc8c7c6)c5)c4)c4ccc(-c5ccccc5)c5ccccc45)cc3)cc2)cc1. The first-order valence-electron chi connectivity index (χ1n) is 20.7. The minimum Gasteiger partial charge on any atom is -0.456 e. The molecule has 11 rings (SSSR count). The lowest BCUT2D eigenvalue weighted by Crippen LogP contribution is -2.05. The summed E-state index contributed by atoms with van der Waals surface area (Å²) in [5, 5.41) is 4.80. The van der Waals surface area contributed by atoms with E-state index in [1.807, 2.05) is 12.1 Å². The van der Waals surface area contributed by atoms with E-state index < -0.39 is 0 Å². The van der Waals surface area contributed by atoms with Crippen LogP contribution in [-0.2, 0) is 0 Å². The van der Waals surface area contributed by atoms with Gasteiger partial charge < -0.3 is 4.42 Å². The minimum atomic E-state index is -0.00542. The van der Waals surface area contributed by atoms with Crippen molar-refractivity contribution in [3.8, 4) is 55.6 Å². The third-order valence-corrected chi connectivity index (χ3v) is 12.0. The maximum atomic E-state index is 6.15. The molecule has 1 nitrogen and oxygen atoms in total. The Morgan fingerprint density at radius 3 is 1.43 bits per heavy atom. The Hall–Kier alpha value is -7.74. The summed E-state index contributed by atoms with van der Waals surface area (Å²) in [5.41, 5.74) is 17.7. The van der Waals surface area contributed by atoms with Gasteiger partial charge in [-0.05, 0) is 107 Å². The molecule has 0 saturated carbocycles. The summed E-state index contributed by atoms with van der Waals surface area (Å²) in [6.45, 7) is 0. The van der Waals surface area contributed by atoms with Crippen molar-refractivity contribution in [2.24, 2.45) is 0 Å². The van der Waals surface area contributed by atoms with Gasteiger partial charge in [0.15, 0.2) is 0 Å². The molecule has 0 bridgehead atoms. The number of para-hydroxylation sites is 1. The van der Waals surface area contributed by atoms with E-state index >= 15 is 0 Å². The Labute approximate surface area is 350 Å². The van der Waals surface area contributed by atoms with Crippen molar-refractivity contribution in [3.63, 3.8) is 0 Å². The largest absolute Gasteiger partial charge is 0.456 e. The van der Waals surface area contributed by atoms with E-state index in [-0.39, 0.29) is 5.92 Å². The van der Waals surface area contributed by atoms with E-state index in [9.17, 15) is 0 Å². The van der Waals surface area contributed by atoms with E-state index in [4.69, 9.17) is 4.42 Å². The van der Waals surface area contributed by atoms with Crippen molar-refractivity contribution < 1.29 is 4.42 Å². The van der Waals surface area contributed by atoms with Crippen LogP contribution >= 0.6 is 0 Å². The highest BCUT2D eigenvalue weighted by atomic mass is 16.3. The molecule has 1 heterocycles. The van der Waals surface area contributed by atoms with Crippen LogP contribution in [0.1, 0.15) is 22.6 Å². The fourth-order valence-corrected chi connectivity index (χ4v) is 9.03. The predicted molar refractivity (Wildman–Crippen MR) is 252 cm³/mol. The molecule has 0 aliphatic carbocycles. The van der Waals surface area contributed by atoms with E-state index in [1.165, 1.54) is 83.1 Å². The smallest absolute Gasteiger partial charge is 0.135 e. The summed E-state index contributed by atoms with van der Waals surface area (Å²) in [6, 6.07) is 85.9. The molecule has 0 saturated heterocycles. The summed E-state index contributed by atoms with van der Waals surface area (Å²) in [6.07, 6.45) is 0. The average Bonchev–Trinajstić information content (AvgIpc) is 3.71. The van der Waals surface area contributed by atoms with Crippen molar-refractivity contribution in [3.05, 3.63) is 253 Å². The lowest BCUT2D eigenvalue weighted by atomic mass is 9.80. The first-order valence-corrected chi connectivity index (χ1v) is 20.7. The van der Waals surface area contributed by atoms with Crippen molar-refractivity contribution in [1.29, 1.82) is 0 Å². The van der Waals surface area contributed by atoms with Gasteiger partial charge in [-0.1, -0.05) is 212 Å². The molecular formula is C59H40O. The zero-order valence-electron chi connectivity index (χ0n) is 33.0. The number of hydrogen-bond donors (Lipinski definition) is 0. The Morgan fingerprint density at radius 2 is 0.733 bits per heavy atom. The Balaban J connectivity index is 1.01. The summed E-state index contributed by atoms with van der Waals surface area (Å²) >= 11 is 0. The Bertz CT molecular complexity index is 3280. The van der Waals surface area contributed by atoms with Crippen LogP contribution in [0.4, 0.5) is 0 Å². The van der Waals surface area contributed by atoms with Gasteiger partial charge in [0.05, 0.1) is 0 Å². The second-order valence-electron chi connectivity index (χ2n) is 15.6. The maximum absolute atomic E-state index is 6.15. The molecule has 60 heavy (non-hydrogen) atoms. The lowest BCUT2D eigenvalue weighted by molar-refractivity contribution is 0.669. The molecule has 10 aromatic carbocycles. The van der Waals surface area contributed by atoms with Gasteiger partial charge in [-0.3, -0.25) is 0 Å². The lowest BCUT2D eigenvalue weighted by Gasteiger charge is -2.23. The number of hydrogen-bond acceptors (Lipinski definition) is 1. The van der Waals surface area contributed by atoms with Gasteiger partial charge in [0, 0.05) is 16.7 Å². The van der Waals surface area contributed by atoms with Gasteiger partial charge in [-0.2, -0.15) is 0 Å². The number of furan rings is 1. The van der Waals surface area contributed by atoms with Crippen LogP contribution in [0.5, 0.6) is 0 Å². The number of rotatable bonds is 8. The summed E-state index contributed by atoms with van der Waals surface area (Å²) in [4.78, 5) is 0. The molecule has 1 unspecified atom stereocenters. The molecule has 1 heteroatoms. The third kappa shape index (κ3) is 6.57. The van der Waals surface area contributed by atoms with E-state index in [2.05, 4.69) is 224 Å². The van der Waals surface area contributed by atoms with Gasteiger partial charge in [0.1, 0.15) is 11.2 Å². The molecule has 1 atom stereocenters. The molecule has 0 N–H and O–H groups in total. The summed E-state index contributed by atoms with van der Waals surface area (Å²) in [7, 11) is 0. The van der Waals surface area contributed by atoms with Crippen LogP contribution in [0.25, 0.3) is 88.3 Å². The normalized spacial score (nSPS) is 11.9. The van der Waals surface area contributed by atoms with Crippen LogP contribution in [0.3, 0.4) is 0 Å². The molecule has 11 aromatic rings. The summed E-state index contributed by atoms with van der Waals surface area (Å²) in [5.74, 6) is -0.00542. The Morgan fingerprint density at radius 1 is 0.250 bits per heavy atom. The number of benzene rings is 10. The first-order chi connectivity index (χ1) is 29.7. The molecular weight excluding hydrogens is 725 g/mol. The molecule has 1 aromatic heterocycles. The van der Waals surface area contributed by atoms with Crippen LogP contribution in [0.15, 0.2) is 241 Å². The predicted octanol–water partition coefficient (Wildman–Crippen LogP) is 16.3. The standard InChI is InChI=1S/C59H40O/c1-3-13-40(14-4-1)41-25-27-42(28-26-41)43-29-31-45(32-30-43)59(55-35-34-51(44-15-5-2-6-16-44)52-21-7-8-22-53(52)55)50-20-12-19-48(38-50)46-17-11-18-47(37-46)49-33-36-58-56(39-49)54-23-9-10-24-57(54)60-58/h1-39,59H. The zero-order chi connectivity index (χ0) is 39.8. The van der Waals surface area contributed by atoms with Gasteiger partial charge in [-0.15, -0.1) is 0 Å². The highest BCUT2D eigenvalue weighted by molar-refractivity contribution is 6.06. The van der Waals surface area contributed by atoms with Gasteiger partial charge in [0.25, 0.3) is 0 Å². The molecule has 0 aliphatic rings. The van der Waals surface area contributed by atoms with Crippen LogP contribution in [0.2, 0.25) is 0 Å². The van der Waals surface area contributed by atoms with Crippen molar-refractivity contribution >= 4 is 32.7 Å². The van der Waals surface area contributed by atoms with E-state index in [0.29, 0.717) is 0 Å². The maximum Gasteiger partial charge on any atom is 0.135 e. The molecule has 0 radical (unpaired) electrons. The zero-order valence-corrected chi connectivity index (χ0v) is 33.0. The van der Waals surface area contributed by atoms with E-state index in [1.54, 1.807) is 0 Å². The number of fused-ring (bicyclic) bond motifs is 4. The van der Waals surface area contributed by atoms with Crippen molar-refractivity contribution in [2.45, 2.75) is 5.92 Å². The third-order valence-electron chi connectivity index (χ3n) is 12.0. The van der Waals surface area contributed by atoms with Crippen molar-refractivity contribution in [2.75, 3.05) is 0 Å². The van der Waals surface area contributed by atoms with Crippen molar-refractivity contribution in [1.82, 2.24) is 0 Å². The second kappa shape index (κ2) is 15.2. The first kappa shape index (κ1) is 35.4. The highest BCUT2D eigenvalue weighted by Crippen LogP contribution is 2.42. The fourth-order valence-electron chi connectivity index (χ4n) is 9.03. The molecule has 0 aliphatic heterocycles. The Kier molecular flexibility index (Phi) is 8.98. The molecule has 282 valence electrons. The van der Waals surface area contributed by atoms with Crippen LogP contribution in [-0.4, -0.2) is 0 Å². The topological polar surface area (TPSA) is 13.1 Å². The van der Waals surface area contributed by atoms with Gasteiger partial charge in [0.2, 0.25) is 0 Å².